The number of ether oxygens (including phenoxy) is 1. The van der Waals surface area contributed by atoms with Gasteiger partial charge in [0.25, 0.3) is 0 Å². The molecule has 1 amide bonds. The molecule has 0 spiro atoms. The van der Waals surface area contributed by atoms with Crippen LogP contribution in [0.4, 0.5) is 11.4 Å². The molecule has 4 nitrogen and oxygen atoms in total. The van der Waals surface area contributed by atoms with Crippen LogP contribution in [0.3, 0.4) is 0 Å². The van der Waals surface area contributed by atoms with Crippen LogP contribution in [-0.4, -0.2) is 25.6 Å². The summed E-state index contributed by atoms with van der Waals surface area (Å²) in [6.45, 7) is 4.39. The van der Waals surface area contributed by atoms with Gasteiger partial charge < -0.3 is 15.0 Å². The molecule has 0 saturated carbocycles. The number of benzene rings is 2. The highest BCUT2D eigenvalue weighted by Crippen LogP contribution is 2.18. The van der Waals surface area contributed by atoms with Gasteiger partial charge in [0.2, 0.25) is 5.91 Å². The van der Waals surface area contributed by atoms with Gasteiger partial charge in [-0.2, -0.15) is 0 Å². The average Bonchev–Trinajstić information content (AvgIpc) is 2.60. The summed E-state index contributed by atoms with van der Waals surface area (Å²) in [4.78, 5) is 13.9. The molecule has 2 aromatic carbocycles. The van der Waals surface area contributed by atoms with Gasteiger partial charge in [0.15, 0.2) is 0 Å². The number of amides is 1. The van der Waals surface area contributed by atoms with Crippen LogP contribution in [-0.2, 0) is 4.79 Å². The molecule has 4 heteroatoms. The molecule has 23 heavy (non-hydrogen) atoms. The third-order valence-corrected chi connectivity index (χ3v) is 3.73. The SMILES string of the molecule is CCC(C)Oc1ccc(NCC(=O)N(C)c2ccccc2)cc1. The molecule has 0 radical (unpaired) electrons. The van der Waals surface area contributed by atoms with Crippen molar-refractivity contribution in [2.75, 3.05) is 23.8 Å². The number of para-hydroxylation sites is 1. The number of anilines is 2. The maximum Gasteiger partial charge on any atom is 0.246 e. The predicted octanol–water partition coefficient (Wildman–Crippen LogP) is 3.94. The van der Waals surface area contributed by atoms with Crippen LogP contribution in [0, 0.1) is 0 Å². The first-order valence-corrected chi connectivity index (χ1v) is 7.92. The van der Waals surface area contributed by atoms with Gasteiger partial charge >= 0.3 is 0 Å². The fraction of sp³-hybridized carbons (Fsp3) is 0.316. The number of carbonyl (C=O) groups is 1. The summed E-state index contributed by atoms with van der Waals surface area (Å²) in [7, 11) is 1.78. The van der Waals surface area contributed by atoms with Crippen LogP contribution in [0.5, 0.6) is 5.75 Å². The Morgan fingerprint density at radius 3 is 2.39 bits per heavy atom. The van der Waals surface area contributed by atoms with E-state index in [0.717, 1.165) is 23.5 Å². The van der Waals surface area contributed by atoms with Gasteiger partial charge in [-0.3, -0.25) is 4.79 Å². The van der Waals surface area contributed by atoms with E-state index in [9.17, 15) is 4.79 Å². The number of hydrogen-bond donors (Lipinski definition) is 1. The van der Waals surface area contributed by atoms with E-state index < -0.39 is 0 Å². The topological polar surface area (TPSA) is 41.6 Å². The van der Waals surface area contributed by atoms with E-state index in [2.05, 4.69) is 12.2 Å². The summed E-state index contributed by atoms with van der Waals surface area (Å²) in [6, 6.07) is 17.3. The van der Waals surface area contributed by atoms with Gasteiger partial charge in [0.1, 0.15) is 5.75 Å². The van der Waals surface area contributed by atoms with Gasteiger partial charge in [-0.25, -0.2) is 0 Å². The average molecular weight is 312 g/mol. The molecule has 0 saturated heterocycles. The van der Waals surface area contributed by atoms with Gasteiger partial charge in [-0.05, 0) is 49.7 Å². The third kappa shape index (κ3) is 5.02. The Morgan fingerprint density at radius 2 is 1.78 bits per heavy atom. The van der Waals surface area contributed by atoms with Crippen molar-refractivity contribution in [2.24, 2.45) is 0 Å². The second kappa shape index (κ2) is 8.22. The van der Waals surface area contributed by atoms with Crippen molar-refractivity contribution in [1.29, 1.82) is 0 Å². The molecule has 2 rings (SSSR count). The summed E-state index contributed by atoms with van der Waals surface area (Å²) >= 11 is 0. The Morgan fingerprint density at radius 1 is 1.13 bits per heavy atom. The molecule has 0 fully saturated rings. The Labute approximate surface area is 138 Å². The van der Waals surface area contributed by atoms with Crippen molar-refractivity contribution in [2.45, 2.75) is 26.4 Å². The van der Waals surface area contributed by atoms with Gasteiger partial charge in [-0.1, -0.05) is 25.1 Å². The smallest absolute Gasteiger partial charge is 0.246 e. The van der Waals surface area contributed by atoms with Crippen LogP contribution >= 0.6 is 0 Å². The molecule has 0 bridgehead atoms. The van der Waals surface area contributed by atoms with Crippen LogP contribution in [0.25, 0.3) is 0 Å². The van der Waals surface area contributed by atoms with Crippen LogP contribution in [0.15, 0.2) is 54.6 Å². The lowest BCUT2D eigenvalue weighted by Gasteiger charge is -2.18. The minimum Gasteiger partial charge on any atom is -0.491 e. The summed E-state index contributed by atoms with van der Waals surface area (Å²) in [5, 5.41) is 3.14. The number of nitrogens with zero attached hydrogens (tertiary/aromatic N) is 1. The molecular formula is C19H24N2O2. The Balaban J connectivity index is 1.87. The fourth-order valence-electron chi connectivity index (χ4n) is 2.06. The van der Waals surface area contributed by atoms with Gasteiger partial charge in [0.05, 0.1) is 12.6 Å². The number of carbonyl (C=O) groups excluding carboxylic acids is 1. The van der Waals surface area contributed by atoms with Gasteiger partial charge in [-0.15, -0.1) is 0 Å². The normalized spacial score (nSPS) is 11.6. The van der Waals surface area contributed by atoms with E-state index in [1.54, 1.807) is 11.9 Å². The summed E-state index contributed by atoms with van der Waals surface area (Å²) in [6.07, 6.45) is 1.18. The predicted molar refractivity (Wildman–Crippen MR) is 95.2 cm³/mol. The summed E-state index contributed by atoms with van der Waals surface area (Å²) in [5.41, 5.74) is 1.79. The zero-order chi connectivity index (χ0) is 16.7. The minimum atomic E-state index is 0.0103. The highest BCUT2D eigenvalue weighted by Gasteiger charge is 2.10. The first-order valence-electron chi connectivity index (χ1n) is 7.92. The molecule has 0 aliphatic carbocycles. The lowest BCUT2D eigenvalue weighted by atomic mass is 10.2. The van der Waals surface area contributed by atoms with Crippen molar-refractivity contribution in [3.63, 3.8) is 0 Å². The number of nitrogens with one attached hydrogen (secondary N) is 1. The van der Waals surface area contributed by atoms with E-state index in [1.165, 1.54) is 0 Å². The molecule has 0 aliphatic rings. The number of likely N-dealkylation sites (N-methyl/N-ethyl adjacent to an activating group) is 1. The number of rotatable bonds is 7. The van der Waals surface area contributed by atoms with E-state index in [0.29, 0.717) is 0 Å². The van der Waals surface area contributed by atoms with E-state index in [1.807, 2.05) is 61.5 Å². The molecule has 1 atom stereocenters. The standard InChI is InChI=1S/C19H24N2O2/c1-4-15(2)23-18-12-10-16(11-13-18)20-14-19(22)21(3)17-8-6-5-7-9-17/h5-13,15,20H,4,14H2,1-3H3. The molecule has 1 unspecified atom stereocenters. The highest BCUT2D eigenvalue weighted by atomic mass is 16.5. The third-order valence-electron chi connectivity index (χ3n) is 3.73. The maximum absolute atomic E-state index is 12.2. The molecule has 122 valence electrons. The van der Waals surface area contributed by atoms with Crippen LogP contribution in [0.1, 0.15) is 20.3 Å². The maximum atomic E-state index is 12.2. The second-order valence-electron chi connectivity index (χ2n) is 5.50. The monoisotopic (exact) mass is 312 g/mol. The van der Waals surface area contributed by atoms with Crippen LogP contribution < -0.4 is 15.0 Å². The summed E-state index contributed by atoms with van der Waals surface area (Å²) in [5.74, 6) is 0.855. The van der Waals surface area contributed by atoms with Crippen molar-refractivity contribution in [3.8, 4) is 5.75 Å². The number of hydrogen-bond acceptors (Lipinski definition) is 3. The van der Waals surface area contributed by atoms with E-state index >= 15 is 0 Å². The first-order chi connectivity index (χ1) is 11.1. The van der Waals surface area contributed by atoms with Crippen LogP contribution in [0.2, 0.25) is 0 Å². The van der Waals surface area contributed by atoms with Crippen molar-refractivity contribution < 1.29 is 9.53 Å². The Bertz CT molecular complexity index is 611. The van der Waals surface area contributed by atoms with Crippen molar-refractivity contribution in [1.82, 2.24) is 0 Å². The fourth-order valence-corrected chi connectivity index (χ4v) is 2.06. The Hall–Kier alpha value is -2.49. The van der Waals surface area contributed by atoms with E-state index in [4.69, 9.17) is 4.74 Å². The Kier molecular flexibility index (Phi) is 6.03. The summed E-state index contributed by atoms with van der Waals surface area (Å²) < 4.78 is 5.74. The van der Waals surface area contributed by atoms with Crippen molar-refractivity contribution >= 4 is 17.3 Å². The highest BCUT2D eigenvalue weighted by molar-refractivity contribution is 5.95. The lowest BCUT2D eigenvalue weighted by molar-refractivity contribution is -0.116. The quantitative estimate of drug-likeness (QED) is 0.842. The van der Waals surface area contributed by atoms with Gasteiger partial charge in [0, 0.05) is 18.4 Å². The minimum absolute atomic E-state index is 0.0103. The second-order valence-corrected chi connectivity index (χ2v) is 5.50. The van der Waals surface area contributed by atoms with E-state index in [-0.39, 0.29) is 18.6 Å². The molecule has 0 aromatic heterocycles. The molecule has 0 heterocycles. The molecular weight excluding hydrogens is 288 g/mol. The molecule has 1 N–H and O–H groups in total. The first kappa shape index (κ1) is 16.9. The molecule has 2 aromatic rings. The molecule has 0 aliphatic heterocycles. The zero-order valence-electron chi connectivity index (χ0n) is 14.0. The zero-order valence-corrected chi connectivity index (χ0v) is 14.0. The lowest BCUT2D eigenvalue weighted by Crippen LogP contribution is -2.32. The van der Waals surface area contributed by atoms with Crippen molar-refractivity contribution in [3.05, 3.63) is 54.6 Å². The largest absolute Gasteiger partial charge is 0.491 e.